The summed E-state index contributed by atoms with van der Waals surface area (Å²) in [6, 6.07) is 7.64. The molecule has 2 heteroatoms. The van der Waals surface area contributed by atoms with Gasteiger partial charge in [-0.05, 0) is 48.4 Å². The Bertz CT molecular complexity index is 557. The molecule has 0 amide bonds. The molecule has 1 radical (unpaired) electrons. The van der Waals surface area contributed by atoms with Gasteiger partial charge in [-0.25, -0.2) is 0 Å². The molecule has 18 heavy (non-hydrogen) atoms. The lowest BCUT2D eigenvalue weighted by atomic mass is 9.91. The number of benzene rings is 1. The Balaban J connectivity index is 2.47. The van der Waals surface area contributed by atoms with Crippen molar-refractivity contribution in [2.24, 2.45) is 0 Å². The van der Waals surface area contributed by atoms with Gasteiger partial charge in [-0.2, -0.15) is 0 Å². The summed E-state index contributed by atoms with van der Waals surface area (Å²) in [6.07, 6.45) is 7.64. The first-order valence-corrected chi connectivity index (χ1v) is 6.23. The smallest absolute Gasteiger partial charge is 0.0852 e. The Morgan fingerprint density at radius 1 is 1.06 bits per heavy atom. The van der Waals surface area contributed by atoms with Crippen molar-refractivity contribution in [3.8, 4) is 0 Å². The standard InChI is InChI=1S/C16H12Cl2/c1-11(2)16(12-3-7-14(17)8-4-12)13-5-9-15(18)10-6-13/h3-10H,1-2H2/q+1. The molecule has 0 aliphatic heterocycles. The van der Waals surface area contributed by atoms with E-state index in [2.05, 4.69) is 13.5 Å². The number of halogens is 2. The zero-order chi connectivity index (χ0) is 13.1. The lowest BCUT2D eigenvalue weighted by Crippen LogP contribution is -1.94. The molecule has 0 heterocycles. The Labute approximate surface area is 118 Å². The van der Waals surface area contributed by atoms with Crippen molar-refractivity contribution >= 4 is 28.8 Å². The quantitative estimate of drug-likeness (QED) is 0.635. The predicted molar refractivity (Wildman–Crippen MR) is 80.2 cm³/mol. The summed E-state index contributed by atoms with van der Waals surface area (Å²) in [5.41, 5.74) is 3.85. The van der Waals surface area contributed by atoms with Crippen molar-refractivity contribution in [2.45, 2.75) is 0 Å². The summed E-state index contributed by atoms with van der Waals surface area (Å²) in [6.45, 7) is 7.88. The van der Waals surface area contributed by atoms with Gasteiger partial charge in [0, 0.05) is 35.2 Å². The van der Waals surface area contributed by atoms with Crippen molar-refractivity contribution in [1.29, 1.82) is 0 Å². The van der Waals surface area contributed by atoms with Crippen LogP contribution in [0.4, 0.5) is 0 Å². The summed E-state index contributed by atoms with van der Waals surface area (Å²) in [5.74, 6) is 0. The van der Waals surface area contributed by atoms with Gasteiger partial charge < -0.3 is 0 Å². The summed E-state index contributed by atoms with van der Waals surface area (Å²) >= 11 is 11.8. The van der Waals surface area contributed by atoms with Gasteiger partial charge in [-0.15, -0.1) is 0 Å². The molecule has 1 aromatic rings. The molecular formula is C16H12Cl2+. The van der Waals surface area contributed by atoms with E-state index in [1.165, 1.54) is 0 Å². The molecule has 0 atom stereocenters. The van der Waals surface area contributed by atoms with Crippen molar-refractivity contribution in [3.05, 3.63) is 89.2 Å². The summed E-state index contributed by atoms with van der Waals surface area (Å²) in [7, 11) is 0. The van der Waals surface area contributed by atoms with Gasteiger partial charge in [0.05, 0.1) is 5.57 Å². The van der Waals surface area contributed by atoms with E-state index in [1.54, 1.807) is 0 Å². The number of allylic oxidation sites excluding steroid dienone is 7. The van der Waals surface area contributed by atoms with Crippen LogP contribution in [0.2, 0.25) is 5.02 Å². The fraction of sp³-hybridized carbons (Fsp3) is 0. The first-order valence-electron chi connectivity index (χ1n) is 5.48. The molecular weight excluding hydrogens is 263 g/mol. The largest absolute Gasteiger partial charge is 0.119 e. The van der Waals surface area contributed by atoms with E-state index >= 15 is 0 Å². The second kappa shape index (κ2) is 5.51. The maximum atomic E-state index is 5.90. The third-order valence-corrected chi connectivity index (χ3v) is 3.12. The van der Waals surface area contributed by atoms with Gasteiger partial charge in [0.1, 0.15) is 10.6 Å². The molecule has 0 spiro atoms. The van der Waals surface area contributed by atoms with Crippen molar-refractivity contribution in [2.75, 3.05) is 0 Å². The third kappa shape index (κ3) is 2.90. The van der Waals surface area contributed by atoms with Gasteiger partial charge in [0.2, 0.25) is 0 Å². The molecule has 0 N–H and O–H groups in total. The molecule has 1 aromatic carbocycles. The number of rotatable bonds is 2. The third-order valence-electron chi connectivity index (χ3n) is 2.62. The monoisotopic (exact) mass is 274 g/mol. The lowest BCUT2D eigenvalue weighted by Gasteiger charge is -2.08. The second-order valence-electron chi connectivity index (χ2n) is 3.99. The molecule has 89 valence electrons. The first-order chi connectivity index (χ1) is 8.58. The second-order valence-corrected chi connectivity index (χ2v) is 4.87. The van der Waals surface area contributed by atoms with Crippen LogP contribution in [0.1, 0.15) is 5.56 Å². The molecule has 1 aliphatic rings. The highest BCUT2D eigenvalue weighted by atomic mass is 35.5. The molecule has 0 saturated carbocycles. The molecule has 2 rings (SSSR count). The zero-order valence-electron chi connectivity index (χ0n) is 9.79. The predicted octanol–water partition coefficient (Wildman–Crippen LogP) is 5.38. The van der Waals surface area contributed by atoms with Gasteiger partial charge in [-0.1, -0.05) is 18.2 Å². The highest BCUT2D eigenvalue weighted by molar-refractivity contribution is 6.31. The van der Waals surface area contributed by atoms with Crippen LogP contribution >= 0.6 is 23.2 Å². The molecule has 0 unspecified atom stereocenters. The van der Waals surface area contributed by atoms with Crippen molar-refractivity contribution in [3.63, 3.8) is 0 Å². The van der Waals surface area contributed by atoms with E-state index in [9.17, 15) is 0 Å². The van der Waals surface area contributed by atoms with E-state index in [1.807, 2.05) is 48.9 Å². The summed E-state index contributed by atoms with van der Waals surface area (Å²) in [5, 5.41) is 1.42. The van der Waals surface area contributed by atoms with Crippen LogP contribution in [0, 0.1) is 13.3 Å². The van der Waals surface area contributed by atoms with Gasteiger partial charge in [0.15, 0.2) is 0 Å². The van der Waals surface area contributed by atoms with E-state index in [0.717, 1.165) is 22.3 Å². The Morgan fingerprint density at radius 2 is 1.72 bits per heavy atom. The Kier molecular flexibility index (Phi) is 4.00. The highest BCUT2D eigenvalue weighted by Gasteiger charge is 2.17. The van der Waals surface area contributed by atoms with Gasteiger partial charge in [0.25, 0.3) is 0 Å². The highest BCUT2D eigenvalue weighted by Crippen LogP contribution is 2.31. The maximum Gasteiger partial charge on any atom is 0.119 e. The van der Waals surface area contributed by atoms with Crippen LogP contribution < -0.4 is 0 Å². The minimum absolute atomic E-state index is 0.712. The minimum atomic E-state index is 0.712. The van der Waals surface area contributed by atoms with Crippen LogP contribution in [0.15, 0.2) is 65.3 Å². The average Bonchev–Trinajstić information content (AvgIpc) is 2.34. The molecule has 0 saturated heterocycles. The van der Waals surface area contributed by atoms with Crippen LogP contribution in [0.5, 0.6) is 0 Å². The fourth-order valence-corrected chi connectivity index (χ4v) is 2.06. The maximum absolute atomic E-state index is 5.90. The molecule has 0 bridgehead atoms. The topological polar surface area (TPSA) is 0 Å². The molecule has 0 nitrogen and oxygen atoms in total. The molecule has 1 aliphatic carbocycles. The Morgan fingerprint density at radius 3 is 2.22 bits per heavy atom. The van der Waals surface area contributed by atoms with Crippen LogP contribution in [0.25, 0.3) is 5.57 Å². The lowest BCUT2D eigenvalue weighted by molar-refractivity contribution is 1.47. The number of hydrogen-bond acceptors (Lipinski definition) is 0. The van der Waals surface area contributed by atoms with E-state index < -0.39 is 0 Å². The summed E-state index contributed by atoms with van der Waals surface area (Å²) in [4.78, 5) is 0. The SMILES string of the molecule is [CH2]C(=C)/C(=C1\C=CC(Cl)=C[CH+]1)c1ccc(Cl)cc1. The molecule has 0 fully saturated rings. The normalized spacial score (nSPS) is 16.9. The summed E-state index contributed by atoms with van der Waals surface area (Å²) < 4.78 is 0. The van der Waals surface area contributed by atoms with Crippen molar-refractivity contribution < 1.29 is 0 Å². The average molecular weight is 275 g/mol. The van der Waals surface area contributed by atoms with E-state index in [4.69, 9.17) is 23.2 Å². The fourth-order valence-electron chi connectivity index (χ4n) is 1.81. The Hall–Kier alpha value is -1.37. The van der Waals surface area contributed by atoms with Crippen LogP contribution in [-0.4, -0.2) is 0 Å². The zero-order valence-corrected chi connectivity index (χ0v) is 11.3. The van der Waals surface area contributed by atoms with Crippen LogP contribution in [-0.2, 0) is 0 Å². The van der Waals surface area contributed by atoms with E-state index in [0.29, 0.717) is 10.1 Å². The van der Waals surface area contributed by atoms with E-state index in [-0.39, 0.29) is 0 Å². The minimum Gasteiger partial charge on any atom is -0.0852 e. The van der Waals surface area contributed by atoms with Crippen molar-refractivity contribution in [1.82, 2.24) is 0 Å². The van der Waals surface area contributed by atoms with Crippen LogP contribution in [0.3, 0.4) is 0 Å². The van der Waals surface area contributed by atoms with Gasteiger partial charge in [-0.3, -0.25) is 0 Å². The van der Waals surface area contributed by atoms with Gasteiger partial charge >= 0.3 is 0 Å². The first kappa shape index (κ1) is 13.1. The number of hydrogen-bond donors (Lipinski definition) is 0. The molecule has 0 aromatic heterocycles.